The maximum Gasteiger partial charge on any atom is 0.255 e. The molecule has 0 radical (unpaired) electrons. The van der Waals surface area contributed by atoms with Crippen molar-refractivity contribution in [3.05, 3.63) is 65.5 Å². The number of anilines is 2. The van der Waals surface area contributed by atoms with E-state index in [0.29, 0.717) is 11.7 Å². The molecule has 0 aliphatic carbocycles. The number of nitrogens with zero attached hydrogens (tertiary/aromatic N) is 1. The fourth-order valence-electron chi connectivity index (χ4n) is 3.01. The van der Waals surface area contributed by atoms with Crippen molar-refractivity contribution in [3.8, 4) is 11.3 Å². The normalized spacial score (nSPS) is 16.2. The predicted molar refractivity (Wildman–Crippen MR) is 109 cm³/mol. The molecule has 0 bridgehead atoms. The third kappa shape index (κ3) is 4.53. The van der Waals surface area contributed by atoms with Crippen LogP contribution in [-0.4, -0.2) is 30.1 Å². The Balaban J connectivity index is 1.36. The quantitative estimate of drug-likeness (QED) is 0.654. The standard InChI is InChI=1S/C21H21N3O2S/c25-20(16-5-2-1-3-6-16)23-17-10-8-15(9-11-17)19-14-27-21(24-19)22-13-18-7-4-12-26-18/h1-3,5-6,8-11,14,18H,4,7,12-13H2,(H,22,24)(H,23,25)/t18-/m0/s1. The summed E-state index contributed by atoms with van der Waals surface area (Å²) in [5.74, 6) is -0.113. The van der Waals surface area contributed by atoms with E-state index in [9.17, 15) is 4.79 Å². The van der Waals surface area contributed by atoms with Crippen molar-refractivity contribution in [2.75, 3.05) is 23.8 Å². The fraction of sp³-hybridized carbons (Fsp3) is 0.238. The average molecular weight is 379 g/mol. The summed E-state index contributed by atoms with van der Waals surface area (Å²) >= 11 is 1.59. The minimum absolute atomic E-state index is 0.113. The second kappa shape index (κ2) is 8.33. The zero-order valence-electron chi connectivity index (χ0n) is 14.9. The van der Waals surface area contributed by atoms with Crippen LogP contribution in [0.15, 0.2) is 60.0 Å². The summed E-state index contributed by atoms with van der Waals surface area (Å²) in [6.07, 6.45) is 2.55. The molecule has 5 nitrogen and oxygen atoms in total. The molecule has 2 heterocycles. The van der Waals surface area contributed by atoms with Crippen molar-refractivity contribution in [2.24, 2.45) is 0 Å². The number of nitrogens with one attached hydrogen (secondary N) is 2. The maximum atomic E-state index is 12.2. The Morgan fingerprint density at radius 1 is 1.15 bits per heavy atom. The molecule has 1 atom stereocenters. The van der Waals surface area contributed by atoms with Crippen LogP contribution < -0.4 is 10.6 Å². The monoisotopic (exact) mass is 379 g/mol. The van der Waals surface area contributed by atoms with Gasteiger partial charge in [-0.25, -0.2) is 4.98 Å². The van der Waals surface area contributed by atoms with Gasteiger partial charge >= 0.3 is 0 Å². The molecule has 4 rings (SSSR count). The zero-order valence-corrected chi connectivity index (χ0v) is 15.7. The van der Waals surface area contributed by atoms with Gasteiger partial charge in [0, 0.05) is 35.3 Å². The summed E-state index contributed by atoms with van der Waals surface area (Å²) in [6.45, 7) is 1.67. The second-order valence-corrected chi connectivity index (χ2v) is 7.31. The Hall–Kier alpha value is -2.70. The van der Waals surface area contributed by atoms with Gasteiger partial charge in [0.2, 0.25) is 0 Å². The van der Waals surface area contributed by atoms with Gasteiger partial charge in [0.1, 0.15) is 0 Å². The Kier molecular flexibility index (Phi) is 5.46. The molecule has 6 heteroatoms. The van der Waals surface area contributed by atoms with Crippen molar-refractivity contribution in [3.63, 3.8) is 0 Å². The molecule has 1 aromatic heterocycles. The van der Waals surface area contributed by atoms with E-state index in [2.05, 4.69) is 15.6 Å². The lowest BCUT2D eigenvalue weighted by molar-refractivity contribution is 0.102. The molecule has 1 aliphatic rings. The van der Waals surface area contributed by atoms with Crippen LogP contribution >= 0.6 is 11.3 Å². The molecule has 0 saturated carbocycles. The van der Waals surface area contributed by atoms with Crippen LogP contribution in [0.3, 0.4) is 0 Å². The van der Waals surface area contributed by atoms with E-state index in [1.165, 1.54) is 0 Å². The molecule has 1 aliphatic heterocycles. The van der Waals surface area contributed by atoms with Crippen LogP contribution in [0.4, 0.5) is 10.8 Å². The highest BCUT2D eigenvalue weighted by Gasteiger charge is 2.15. The first kappa shape index (κ1) is 17.7. The Morgan fingerprint density at radius 2 is 1.96 bits per heavy atom. The molecule has 1 fully saturated rings. The number of rotatable bonds is 6. The van der Waals surface area contributed by atoms with Crippen LogP contribution in [0.1, 0.15) is 23.2 Å². The minimum atomic E-state index is -0.113. The number of thiazole rings is 1. The third-order valence-corrected chi connectivity index (χ3v) is 5.28. The highest BCUT2D eigenvalue weighted by Crippen LogP contribution is 2.26. The summed E-state index contributed by atoms with van der Waals surface area (Å²) in [5.41, 5.74) is 3.35. The summed E-state index contributed by atoms with van der Waals surface area (Å²) in [4.78, 5) is 16.9. The molecular weight excluding hydrogens is 358 g/mol. The number of aromatic nitrogens is 1. The fourth-order valence-corrected chi connectivity index (χ4v) is 3.74. The van der Waals surface area contributed by atoms with Gasteiger partial charge in [0.05, 0.1) is 11.8 Å². The number of ether oxygens (including phenoxy) is 1. The average Bonchev–Trinajstić information content (AvgIpc) is 3.40. The van der Waals surface area contributed by atoms with E-state index in [1.54, 1.807) is 23.5 Å². The lowest BCUT2D eigenvalue weighted by Gasteiger charge is -2.09. The molecule has 138 valence electrons. The SMILES string of the molecule is O=C(Nc1ccc(-c2csc(NC[C@@H]3CCCO3)n2)cc1)c1ccccc1. The highest BCUT2D eigenvalue weighted by atomic mass is 32.1. The van der Waals surface area contributed by atoms with E-state index in [0.717, 1.165) is 48.1 Å². The van der Waals surface area contributed by atoms with Gasteiger partial charge in [-0.15, -0.1) is 11.3 Å². The third-order valence-electron chi connectivity index (χ3n) is 4.48. The van der Waals surface area contributed by atoms with E-state index >= 15 is 0 Å². The van der Waals surface area contributed by atoms with Crippen LogP contribution in [0.5, 0.6) is 0 Å². The first-order valence-electron chi connectivity index (χ1n) is 9.06. The van der Waals surface area contributed by atoms with Crippen LogP contribution in [0.2, 0.25) is 0 Å². The van der Waals surface area contributed by atoms with Crippen LogP contribution in [-0.2, 0) is 4.74 Å². The number of benzene rings is 2. The Morgan fingerprint density at radius 3 is 2.70 bits per heavy atom. The summed E-state index contributed by atoms with van der Waals surface area (Å²) in [7, 11) is 0. The van der Waals surface area contributed by atoms with E-state index < -0.39 is 0 Å². The second-order valence-electron chi connectivity index (χ2n) is 6.45. The highest BCUT2D eigenvalue weighted by molar-refractivity contribution is 7.14. The first-order valence-corrected chi connectivity index (χ1v) is 9.94. The van der Waals surface area contributed by atoms with Crippen molar-refractivity contribution < 1.29 is 9.53 Å². The Labute approximate surface area is 162 Å². The van der Waals surface area contributed by atoms with Crippen molar-refractivity contribution in [2.45, 2.75) is 18.9 Å². The smallest absolute Gasteiger partial charge is 0.255 e. The summed E-state index contributed by atoms with van der Waals surface area (Å²) in [6, 6.07) is 16.9. The number of carbonyl (C=O) groups excluding carboxylic acids is 1. The summed E-state index contributed by atoms with van der Waals surface area (Å²) in [5, 5.41) is 9.21. The van der Waals surface area contributed by atoms with Crippen molar-refractivity contribution in [1.82, 2.24) is 4.98 Å². The lowest BCUT2D eigenvalue weighted by atomic mass is 10.1. The molecule has 1 amide bonds. The first-order chi connectivity index (χ1) is 13.3. The lowest BCUT2D eigenvalue weighted by Crippen LogP contribution is -2.18. The number of amides is 1. The largest absolute Gasteiger partial charge is 0.376 e. The number of hydrogen-bond donors (Lipinski definition) is 2. The van der Waals surface area contributed by atoms with Gasteiger partial charge in [-0.05, 0) is 37.1 Å². The molecule has 1 saturated heterocycles. The van der Waals surface area contributed by atoms with E-state index in [4.69, 9.17) is 4.74 Å². The molecule has 3 aromatic rings. The van der Waals surface area contributed by atoms with Crippen molar-refractivity contribution >= 4 is 28.1 Å². The summed E-state index contributed by atoms with van der Waals surface area (Å²) < 4.78 is 5.62. The van der Waals surface area contributed by atoms with Crippen LogP contribution in [0, 0.1) is 0 Å². The molecule has 0 spiro atoms. The number of carbonyl (C=O) groups is 1. The van der Waals surface area contributed by atoms with Gasteiger partial charge < -0.3 is 15.4 Å². The molecule has 2 aromatic carbocycles. The van der Waals surface area contributed by atoms with Gasteiger partial charge in [0.15, 0.2) is 5.13 Å². The van der Waals surface area contributed by atoms with Gasteiger partial charge in [-0.1, -0.05) is 30.3 Å². The van der Waals surface area contributed by atoms with E-state index in [-0.39, 0.29) is 5.91 Å². The van der Waals surface area contributed by atoms with Gasteiger partial charge in [-0.2, -0.15) is 0 Å². The predicted octanol–water partition coefficient (Wildman–Crippen LogP) is 4.65. The van der Waals surface area contributed by atoms with Crippen LogP contribution in [0.25, 0.3) is 11.3 Å². The maximum absolute atomic E-state index is 12.2. The Bertz CT molecular complexity index is 887. The van der Waals surface area contributed by atoms with Crippen molar-refractivity contribution in [1.29, 1.82) is 0 Å². The zero-order chi connectivity index (χ0) is 18.5. The number of hydrogen-bond acceptors (Lipinski definition) is 5. The van der Waals surface area contributed by atoms with Gasteiger partial charge in [0.25, 0.3) is 5.91 Å². The van der Waals surface area contributed by atoms with E-state index in [1.807, 2.05) is 47.8 Å². The molecule has 0 unspecified atom stereocenters. The molecule has 2 N–H and O–H groups in total. The van der Waals surface area contributed by atoms with Gasteiger partial charge in [-0.3, -0.25) is 4.79 Å². The topological polar surface area (TPSA) is 63.2 Å². The molecule has 27 heavy (non-hydrogen) atoms. The minimum Gasteiger partial charge on any atom is -0.376 e. The molecular formula is C21H21N3O2S.